The summed E-state index contributed by atoms with van der Waals surface area (Å²) >= 11 is 6.22. The molecule has 29 heavy (non-hydrogen) atoms. The molecule has 0 radical (unpaired) electrons. The standard InChI is InChI=1S/C21H18ClN3O4/c1-12-19(13(2)25(24-12)14-6-4-3-5-7-14)20(26)21(27)23-16-11-18-17(10-15(16)22)28-8-9-29-18/h3-7,10-11H,8-9H2,1-2H3,(H,23,27). The van der Waals surface area contributed by atoms with Crippen LogP contribution in [0.25, 0.3) is 5.69 Å². The monoisotopic (exact) mass is 411 g/mol. The topological polar surface area (TPSA) is 82.5 Å². The summed E-state index contributed by atoms with van der Waals surface area (Å²) < 4.78 is 12.6. The first kappa shape index (κ1) is 19.0. The number of rotatable bonds is 4. The first-order valence-electron chi connectivity index (χ1n) is 9.02. The summed E-state index contributed by atoms with van der Waals surface area (Å²) in [6.07, 6.45) is 0. The highest BCUT2D eigenvalue weighted by Gasteiger charge is 2.26. The fraction of sp³-hybridized carbons (Fsp3) is 0.190. The molecular formula is C21H18ClN3O4. The van der Waals surface area contributed by atoms with E-state index in [0.29, 0.717) is 36.1 Å². The summed E-state index contributed by atoms with van der Waals surface area (Å²) in [7, 11) is 0. The van der Waals surface area contributed by atoms with Gasteiger partial charge in [0, 0.05) is 12.1 Å². The van der Waals surface area contributed by atoms with Crippen LogP contribution in [0, 0.1) is 13.8 Å². The van der Waals surface area contributed by atoms with Crippen molar-refractivity contribution in [2.45, 2.75) is 13.8 Å². The van der Waals surface area contributed by atoms with E-state index < -0.39 is 11.7 Å². The number of anilines is 1. The number of aryl methyl sites for hydroxylation is 1. The van der Waals surface area contributed by atoms with Crippen molar-refractivity contribution in [3.63, 3.8) is 0 Å². The molecule has 2 heterocycles. The molecule has 8 heteroatoms. The third-order valence-electron chi connectivity index (χ3n) is 4.61. The van der Waals surface area contributed by atoms with E-state index in [4.69, 9.17) is 21.1 Å². The number of ether oxygens (including phenoxy) is 2. The number of halogens is 1. The lowest BCUT2D eigenvalue weighted by Crippen LogP contribution is -2.24. The van der Waals surface area contributed by atoms with Gasteiger partial charge >= 0.3 is 0 Å². The van der Waals surface area contributed by atoms with Crippen molar-refractivity contribution in [1.82, 2.24) is 9.78 Å². The Morgan fingerprint density at radius 2 is 1.72 bits per heavy atom. The Hall–Kier alpha value is -3.32. The average molecular weight is 412 g/mol. The van der Waals surface area contributed by atoms with Crippen molar-refractivity contribution >= 4 is 29.0 Å². The minimum absolute atomic E-state index is 0.254. The van der Waals surface area contributed by atoms with Crippen molar-refractivity contribution in [3.8, 4) is 17.2 Å². The maximum Gasteiger partial charge on any atom is 0.296 e. The van der Waals surface area contributed by atoms with Crippen molar-refractivity contribution in [3.05, 3.63) is 64.4 Å². The SMILES string of the molecule is Cc1nn(-c2ccccc2)c(C)c1C(=O)C(=O)Nc1cc2c(cc1Cl)OCCO2. The molecule has 1 aromatic heterocycles. The minimum Gasteiger partial charge on any atom is -0.486 e. The molecule has 0 fully saturated rings. The van der Waals surface area contributed by atoms with E-state index in [1.807, 2.05) is 30.3 Å². The molecule has 2 aromatic carbocycles. The molecule has 0 spiro atoms. The van der Waals surface area contributed by atoms with Crippen molar-refractivity contribution in [2.75, 3.05) is 18.5 Å². The highest BCUT2D eigenvalue weighted by Crippen LogP contribution is 2.38. The Morgan fingerprint density at radius 1 is 1.07 bits per heavy atom. The number of nitrogens with one attached hydrogen (secondary N) is 1. The number of ketones is 1. The van der Waals surface area contributed by atoms with Gasteiger partial charge in [0.25, 0.3) is 11.7 Å². The third kappa shape index (κ3) is 3.56. The van der Waals surface area contributed by atoms with Crippen LogP contribution in [0.15, 0.2) is 42.5 Å². The van der Waals surface area contributed by atoms with Gasteiger partial charge < -0.3 is 14.8 Å². The Morgan fingerprint density at radius 3 is 2.41 bits per heavy atom. The van der Waals surface area contributed by atoms with Crippen LogP contribution in [0.2, 0.25) is 5.02 Å². The first-order valence-corrected chi connectivity index (χ1v) is 9.40. The summed E-state index contributed by atoms with van der Waals surface area (Å²) in [6.45, 7) is 4.28. The number of carbonyl (C=O) groups is 2. The number of fused-ring (bicyclic) bond motifs is 1. The van der Waals surface area contributed by atoms with Gasteiger partial charge in [-0.15, -0.1) is 0 Å². The van der Waals surface area contributed by atoms with Gasteiger partial charge in [0.2, 0.25) is 0 Å². The van der Waals surface area contributed by atoms with Crippen LogP contribution in [0.5, 0.6) is 11.5 Å². The minimum atomic E-state index is -0.803. The Kier molecular flexibility index (Phi) is 4.98. The van der Waals surface area contributed by atoms with Gasteiger partial charge in [0.1, 0.15) is 13.2 Å². The zero-order chi connectivity index (χ0) is 20.5. The smallest absolute Gasteiger partial charge is 0.296 e. The zero-order valence-electron chi connectivity index (χ0n) is 15.9. The summed E-state index contributed by atoms with van der Waals surface area (Å²) in [6, 6.07) is 12.5. The third-order valence-corrected chi connectivity index (χ3v) is 4.92. The molecule has 1 amide bonds. The summed E-state index contributed by atoms with van der Waals surface area (Å²) in [5, 5.41) is 7.24. The van der Waals surface area contributed by atoms with Crippen LogP contribution in [0.3, 0.4) is 0 Å². The Labute approximate surface area is 172 Å². The molecule has 0 saturated heterocycles. The van der Waals surface area contributed by atoms with Crippen LogP contribution < -0.4 is 14.8 Å². The average Bonchev–Trinajstić information content (AvgIpc) is 3.02. The van der Waals surface area contributed by atoms with Gasteiger partial charge in [-0.25, -0.2) is 4.68 Å². The number of Topliss-reactive ketones (excluding diaryl/α,β-unsaturated/α-hetero) is 1. The Bertz CT molecular complexity index is 1110. The molecule has 0 unspecified atom stereocenters. The number of aromatic nitrogens is 2. The molecule has 0 saturated carbocycles. The number of amides is 1. The lowest BCUT2D eigenvalue weighted by molar-refractivity contribution is -0.112. The summed E-state index contributed by atoms with van der Waals surface area (Å²) in [5.74, 6) is -0.524. The van der Waals surface area contributed by atoms with Gasteiger partial charge in [-0.2, -0.15) is 5.10 Å². The quantitative estimate of drug-likeness (QED) is 0.522. The van der Waals surface area contributed by atoms with Crippen molar-refractivity contribution in [2.24, 2.45) is 0 Å². The first-order chi connectivity index (χ1) is 14.0. The number of nitrogens with zero attached hydrogens (tertiary/aromatic N) is 2. The maximum atomic E-state index is 12.9. The number of carbonyl (C=O) groups excluding carboxylic acids is 2. The van der Waals surface area contributed by atoms with Crippen LogP contribution in [0.1, 0.15) is 21.7 Å². The molecule has 1 aliphatic heterocycles. The van der Waals surface area contributed by atoms with Crippen molar-refractivity contribution in [1.29, 1.82) is 0 Å². The second-order valence-electron chi connectivity index (χ2n) is 6.55. The predicted molar refractivity (Wildman–Crippen MR) is 108 cm³/mol. The summed E-state index contributed by atoms with van der Waals surface area (Å²) in [4.78, 5) is 25.5. The number of para-hydroxylation sites is 1. The normalized spacial score (nSPS) is 12.5. The molecule has 7 nitrogen and oxygen atoms in total. The van der Waals surface area contributed by atoms with E-state index in [0.717, 1.165) is 5.69 Å². The molecule has 0 bridgehead atoms. The number of hydrogen-bond acceptors (Lipinski definition) is 5. The number of benzene rings is 2. The molecule has 1 aliphatic rings. The molecule has 3 aromatic rings. The highest BCUT2D eigenvalue weighted by atomic mass is 35.5. The largest absolute Gasteiger partial charge is 0.486 e. The van der Waals surface area contributed by atoms with Gasteiger partial charge in [0.15, 0.2) is 11.5 Å². The van der Waals surface area contributed by atoms with Crippen LogP contribution in [0.4, 0.5) is 5.69 Å². The predicted octanol–water partition coefficient (Wildman–Crippen LogP) is 3.74. The number of hydrogen-bond donors (Lipinski definition) is 1. The second-order valence-corrected chi connectivity index (χ2v) is 6.96. The molecule has 0 aliphatic carbocycles. The highest BCUT2D eigenvalue weighted by molar-refractivity contribution is 6.47. The van der Waals surface area contributed by atoms with E-state index >= 15 is 0 Å². The van der Waals surface area contributed by atoms with Gasteiger partial charge in [-0.3, -0.25) is 9.59 Å². The van der Waals surface area contributed by atoms with E-state index in [2.05, 4.69) is 10.4 Å². The Balaban J connectivity index is 1.61. The van der Waals surface area contributed by atoms with E-state index in [-0.39, 0.29) is 16.3 Å². The zero-order valence-corrected chi connectivity index (χ0v) is 16.6. The van der Waals surface area contributed by atoms with Crippen LogP contribution >= 0.6 is 11.6 Å². The molecule has 1 N–H and O–H groups in total. The van der Waals surface area contributed by atoms with Gasteiger partial charge in [-0.1, -0.05) is 29.8 Å². The molecule has 0 atom stereocenters. The van der Waals surface area contributed by atoms with Crippen LogP contribution in [-0.2, 0) is 4.79 Å². The maximum absolute atomic E-state index is 12.9. The van der Waals surface area contributed by atoms with Gasteiger partial charge in [0.05, 0.1) is 33.3 Å². The van der Waals surface area contributed by atoms with Crippen molar-refractivity contribution < 1.29 is 19.1 Å². The lowest BCUT2D eigenvalue weighted by atomic mass is 10.1. The fourth-order valence-electron chi connectivity index (χ4n) is 3.24. The summed E-state index contributed by atoms with van der Waals surface area (Å²) in [5.41, 5.74) is 2.41. The van der Waals surface area contributed by atoms with E-state index in [1.165, 1.54) is 0 Å². The molecule has 148 valence electrons. The molecular weight excluding hydrogens is 394 g/mol. The second kappa shape index (κ2) is 7.60. The molecule has 4 rings (SSSR count). The lowest BCUT2D eigenvalue weighted by Gasteiger charge is -2.19. The van der Waals surface area contributed by atoms with Crippen LogP contribution in [-0.4, -0.2) is 34.7 Å². The van der Waals surface area contributed by atoms with E-state index in [1.54, 1.807) is 30.7 Å². The van der Waals surface area contributed by atoms with Gasteiger partial charge in [-0.05, 0) is 26.0 Å². The fourth-order valence-corrected chi connectivity index (χ4v) is 3.45. The van der Waals surface area contributed by atoms with E-state index in [9.17, 15) is 9.59 Å².